The van der Waals surface area contributed by atoms with Crippen LogP contribution in [0.25, 0.3) is 22.1 Å². The van der Waals surface area contributed by atoms with Crippen LogP contribution in [0, 0.1) is 0 Å². The second-order valence-electron chi connectivity index (χ2n) is 5.71. The van der Waals surface area contributed by atoms with E-state index in [0.717, 1.165) is 16.5 Å². The average molecular weight is 383 g/mol. The fourth-order valence-corrected chi connectivity index (χ4v) is 2.78. The Bertz CT molecular complexity index is 1120. The highest BCUT2D eigenvalue weighted by Crippen LogP contribution is 2.32. The lowest BCUT2D eigenvalue weighted by Gasteiger charge is -2.07. The van der Waals surface area contributed by atoms with Crippen molar-refractivity contribution in [3.05, 3.63) is 78.4 Å². The van der Waals surface area contributed by atoms with Crippen LogP contribution in [0.3, 0.4) is 0 Å². The largest absolute Gasteiger partial charge is 0.459 e. The zero-order valence-corrected chi connectivity index (χ0v) is 14.8. The van der Waals surface area contributed by atoms with E-state index < -0.39 is 5.91 Å². The summed E-state index contributed by atoms with van der Waals surface area (Å²) in [5.74, 6) is -0.615. The van der Waals surface area contributed by atoms with Crippen molar-refractivity contribution in [3.8, 4) is 11.1 Å². The maximum absolute atomic E-state index is 12.1. The number of para-hydroxylation sites is 1. The molecule has 0 bridgehead atoms. The van der Waals surface area contributed by atoms with E-state index in [1.807, 2.05) is 36.4 Å². The zero-order valence-electron chi connectivity index (χ0n) is 14.0. The van der Waals surface area contributed by atoms with Gasteiger partial charge in [0.15, 0.2) is 11.5 Å². The summed E-state index contributed by atoms with van der Waals surface area (Å²) in [7, 11) is 0. The third-order valence-electron chi connectivity index (χ3n) is 3.96. The fraction of sp³-hybridized carbons (Fsp3) is 0. The van der Waals surface area contributed by atoms with Gasteiger partial charge in [0.2, 0.25) is 0 Å². The van der Waals surface area contributed by atoms with Crippen molar-refractivity contribution in [2.24, 2.45) is 5.73 Å². The van der Waals surface area contributed by atoms with E-state index >= 15 is 0 Å². The number of hydrogen-bond acceptors (Lipinski definition) is 4. The second-order valence-corrected chi connectivity index (χ2v) is 5.71. The molecule has 2 aromatic carbocycles. The molecule has 6 nitrogen and oxygen atoms in total. The van der Waals surface area contributed by atoms with Gasteiger partial charge in [-0.05, 0) is 35.9 Å². The van der Waals surface area contributed by atoms with Crippen molar-refractivity contribution in [2.75, 3.05) is 5.32 Å². The first-order valence-corrected chi connectivity index (χ1v) is 7.89. The van der Waals surface area contributed by atoms with E-state index in [9.17, 15) is 9.59 Å². The number of hydrogen-bond donors (Lipinski definition) is 2. The van der Waals surface area contributed by atoms with Gasteiger partial charge in [0.05, 0.1) is 6.26 Å². The Morgan fingerprint density at radius 2 is 1.74 bits per heavy atom. The van der Waals surface area contributed by atoms with E-state index in [4.69, 9.17) is 14.6 Å². The SMILES string of the molecule is Cl.NC(=O)c1cc2cccc(-c3cccc(NC(=O)c4ccco4)c3)c2o1. The summed E-state index contributed by atoms with van der Waals surface area (Å²) < 4.78 is 10.7. The number of nitrogens with two attached hydrogens (primary N) is 1. The predicted molar refractivity (Wildman–Crippen MR) is 104 cm³/mol. The van der Waals surface area contributed by atoms with Crippen molar-refractivity contribution in [3.63, 3.8) is 0 Å². The molecule has 0 saturated carbocycles. The molecule has 0 fully saturated rings. The van der Waals surface area contributed by atoms with Crippen LogP contribution in [-0.2, 0) is 0 Å². The summed E-state index contributed by atoms with van der Waals surface area (Å²) in [5.41, 5.74) is 8.11. The molecule has 2 heterocycles. The second kappa shape index (κ2) is 7.39. The van der Waals surface area contributed by atoms with Crippen molar-refractivity contribution >= 4 is 40.9 Å². The van der Waals surface area contributed by atoms with Gasteiger partial charge in [0, 0.05) is 16.6 Å². The molecule has 7 heteroatoms. The maximum Gasteiger partial charge on any atom is 0.291 e. The quantitative estimate of drug-likeness (QED) is 0.544. The third kappa shape index (κ3) is 3.56. The van der Waals surface area contributed by atoms with E-state index in [0.29, 0.717) is 11.3 Å². The Morgan fingerprint density at radius 3 is 2.48 bits per heavy atom. The average Bonchev–Trinajstić information content (AvgIpc) is 3.31. The summed E-state index contributed by atoms with van der Waals surface area (Å²) in [6.45, 7) is 0. The van der Waals surface area contributed by atoms with Crippen molar-refractivity contribution in [2.45, 2.75) is 0 Å². The Hall–Kier alpha value is -3.51. The molecule has 4 rings (SSSR count). The van der Waals surface area contributed by atoms with Gasteiger partial charge in [-0.1, -0.05) is 30.3 Å². The van der Waals surface area contributed by atoms with Crippen LogP contribution in [0.4, 0.5) is 5.69 Å². The van der Waals surface area contributed by atoms with Gasteiger partial charge in [-0.25, -0.2) is 0 Å². The minimum Gasteiger partial charge on any atom is -0.459 e. The number of amides is 2. The number of anilines is 1. The van der Waals surface area contributed by atoms with Gasteiger partial charge in [-0.3, -0.25) is 9.59 Å². The van der Waals surface area contributed by atoms with Crippen LogP contribution < -0.4 is 11.1 Å². The lowest BCUT2D eigenvalue weighted by molar-refractivity contribution is 0.0973. The number of carbonyl (C=O) groups excluding carboxylic acids is 2. The minimum atomic E-state index is -0.619. The van der Waals surface area contributed by atoms with Crippen LogP contribution in [0.2, 0.25) is 0 Å². The standard InChI is InChI=1S/C20H14N2O4.ClH/c21-19(23)17-11-13-5-2-7-15(18(13)26-17)12-4-1-6-14(10-12)22-20(24)16-8-3-9-25-16;/h1-11H,(H2,21,23)(H,22,24);1H. The zero-order chi connectivity index (χ0) is 18.1. The van der Waals surface area contributed by atoms with Gasteiger partial charge < -0.3 is 19.9 Å². The van der Waals surface area contributed by atoms with Crippen LogP contribution in [0.5, 0.6) is 0 Å². The monoisotopic (exact) mass is 382 g/mol. The summed E-state index contributed by atoms with van der Waals surface area (Å²) >= 11 is 0. The summed E-state index contributed by atoms with van der Waals surface area (Å²) in [6.07, 6.45) is 1.44. The molecule has 0 atom stereocenters. The first kappa shape index (κ1) is 18.3. The van der Waals surface area contributed by atoms with Gasteiger partial charge in [0.1, 0.15) is 5.58 Å². The number of halogens is 1. The Morgan fingerprint density at radius 1 is 0.926 bits per heavy atom. The molecular formula is C20H15ClN2O4. The lowest BCUT2D eigenvalue weighted by Crippen LogP contribution is -2.10. The molecule has 0 aliphatic heterocycles. The Balaban J connectivity index is 0.00000210. The van der Waals surface area contributed by atoms with E-state index in [-0.39, 0.29) is 29.8 Å². The fourth-order valence-electron chi connectivity index (χ4n) is 2.78. The topological polar surface area (TPSA) is 98.5 Å². The number of rotatable bonds is 4. The number of fused-ring (bicyclic) bond motifs is 1. The highest BCUT2D eigenvalue weighted by Gasteiger charge is 2.14. The number of benzene rings is 2. The van der Waals surface area contributed by atoms with Gasteiger partial charge in [-0.15, -0.1) is 12.4 Å². The molecule has 3 N–H and O–H groups in total. The van der Waals surface area contributed by atoms with Crippen LogP contribution in [0.15, 0.2) is 75.8 Å². The highest BCUT2D eigenvalue weighted by molar-refractivity contribution is 6.03. The van der Waals surface area contributed by atoms with Crippen molar-refractivity contribution < 1.29 is 18.4 Å². The molecule has 0 saturated heterocycles. The first-order valence-electron chi connectivity index (χ1n) is 7.89. The molecule has 27 heavy (non-hydrogen) atoms. The van der Waals surface area contributed by atoms with Gasteiger partial charge in [-0.2, -0.15) is 0 Å². The smallest absolute Gasteiger partial charge is 0.291 e. The molecule has 0 spiro atoms. The highest BCUT2D eigenvalue weighted by atomic mass is 35.5. The van der Waals surface area contributed by atoms with E-state index in [1.165, 1.54) is 6.26 Å². The van der Waals surface area contributed by atoms with Crippen molar-refractivity contribution in [1.29, 1.82) is 0 Å². The van der Waals surface area contributed by atoms with Crippen LogP contribution >= 0.6 is 12.4 Å². The van der Waals surface area contributed by atoms with E-state index in [1.54, 1.807) is 24.3 Å². The van der Waals surface area contributed by atoms with Gasteiger partial charge in [0.25, 0.3) is 11.8 Å². The Labute approximate surface area is 160 Å². The molecule has 0 unspecified atom stereocenters. The molecule has 4 aromatic rings. The number of furan rings is 2. The number of primary amides is 1. The van der Waals surface area contributed by atoms with Crippen molar-refractivity contribution in [1.82, 2.24) is 0 Å². The number of nitrogens with one attached hydrogen (secondary N) is 1. The Kier molecular flexibility index (Phi) is 5.00. The molecule has 0 aliphatic rings. The molecule has 136 valence electrons. The molecule has 2 amide bonds. The first-order chi connectivity index (χ1) is 12.6. The third-order valence-corrected chi connectivity index (χ3v) is 3.96. The molecule has 0 aliphatic carbocycles. The summed E-state index contributed by atoms with van der Waals surface area (Å²) in [6, 6.07) is 17.8. The molecule has 2 aromatic heterocycles. The molecular weight excluding hydrogens is 368 g/mol. The number of carbonyl (C=O) groups is 2. The normalized spacial score (nSPS) is 10.4. The summed E-state index contributed by atoms with van der Waals surface area (Å²) in [4.78, 5) is 23.5. The summed E-state index contributed by atoms with van der Waals surface area (Å²) in [5, 5.41) is 3.57. The van der Waals surface area contributed by atoms with Gasteiger partial charge >= 0.3 is 0 Å². The van der Waals surface area contributed by atoms with Crippen LogP contribution in [-0.4, -0.2) is 11.8 Å². The predicted octanol–water partition coefficient (Wildman–Crippen LogP) is 4.47. The van der Waals surface area contributed by atoms with Crippen LogP contribution in [0.1, 0.15) is 21.1 Å². The van der Waals surface area contributed by atoms with E-state index in [2.05, 4.69) is 5.32 Å². The minimum absolute atomic E-state index is 0. The molecule has 0 radical (unpaired) electrons. The maximum atomic E-state index is 12.1. The lowest BCUT2D eigenvalue weighted by atomic mass is 10.0.